The van der Waals surface area contributed by atoms with Gasteiger partial charge in [-0.1, -0.05) is 20.3 Å². The molecule has 100 valence electrons. The first-order chi connectivity index (χ1) is 8.76. The van der Waals surface area contributed by atoms with Crippen LogP contribution in [0.3, 0.4) is 0 Å². The molecule has 0 aliphatic heterocycles. The third kappa shape index (κ3) is 3.22. The first-order valence-electron chi connectivity index (χ1n) is 7.17. The average molecular weight is 248 g/mol. The molecule has 1 fully saturated rings. The maximum Gasteiger partial charge on any atom is 0.0957 e. The number of hydrogen-bond donors (Lipinski definition) is 1. The molecule has 0 amide bonds. The SMILES string of the molecule is CCCCN(c1ccc([C@@H](O)CC)nc1)C1CC1. The Morgan fingerprint density at radius 3 is 2.67 bits per heavy atom. The van der Waals surface area contributed by atoms with Gasteiger partial charge in [-0.2, -0.15) is 0 Å². The Bertz CT molecular complexity index is 359. The second-order valence-corrected chi connectivity index (χ2v) is 5.14. The number of aromatic nitrogens is 1. The third-order valence-corrected chi connectivity index (χ3v) is 3.57. The normalized spacial score (nSPS) is 16.6. The van der Waals surface area contributed by atoms with Crippen LogP contribution in [-0.2, 0) is 0 Å². The smallest absolute Gasteiger partial charge is 0.0957 e. The Kier molecular flexibility index (Phi) is 4.59. The number of aliphatic hydroxyl groups is 1. The number of aliphatic hydroxyl groups excluding tert-OH is 1. The van der Waals surface area contributed by atoms with Gasteiger partial charge in [0.15, 0.2) is 0 Å². The second kappa shape index (κ2) is 6.19. The molecule has 18 heavy (non-hydrogen) atoms. The van der Waals surface area contributed by atoms with Crippen LogP contribution in [0.15, 0.2) is 18.3 Å². The number of nitrogens with zero attached hydrogens (tertiary/aromatic N) is 2. The Balaban J connectivity index is 2.05. The predicted octanol–water partition coefficient (Wildman–Crippen LogP) is 3.29. The molecule has 3 nitrogen and oxygen atoms in total. The molecule has 1 aliphatic rings. The molecule has 0 spiro atoms. The highest BCUT2D eigenvalue weighted by Gasteiger charge is 2.28. The van der Waals surface area contributed by atoms with Crippen LogP contribution in [0.2, 0.25) is 0 Å². The van der Waals surface area contributed by atoms with Gasteiger partial charge in [-0.15, -0.1) is 0 Å². The van der Waals surface area contributed by atoms with E-state index in [4.69, 9.17) is 0 Å². The number of pyridine rings is 1. The van der Waals surface area contributed by atoms with Gasteiger partial charge >= 0.3 is 0 Å². The van der Waals surface area contributed by atoms with Gasteiger partial charge in [0.25, 0.3) is 0 Å². The molecule has 1 aromatic heterocycles. The lowest BCUT2D eigenvalue weighted by Gasteiger charge is -2.24. The van der Waals surface area contributed by atoms with Crippen molar-refractivity contribution in [3.63, 3.8) is 0 Å². The zero-order chi connectivity index (χ0) is 13.0. The number of anilines is 1. The summed E-state index contributed by atoms with van der Waals surface area (Å²) in [7, 11) is 0. The molecule has 1 aromatic rings. The van der Waals surface area contributed by atoms with Gasteiger partial charge in [-0.05, 0) is 37.8 Å². The van der Waals surface area contributed by atoms with E-state index in [1.54, 1.807) is 0 Å². The Morgan fingerprint density at radius 2 is 2.17 bits per heavy atom. The molecular formula is C15H24N2O. The molecule has 1 aliphatic carbocycles. The van der Waals surface area contributed by atoms with Gasteiger partial charge in [0, 0.05) is 12.6 Å². The van der Waals surface area contributed by atoms with E-state index in [1.165, 1.54) is 31.4 Å². The fourth-order valence-electron chi connectivity index (χ4n) is 2.21. The van der Waals surface area contributed by atoms with Crippen molar-refractivity contribution in [2.45, 2.75) is 58.1 Å². The van der Waals surface area contributed by atoms with Crippen molar-refractivity contribution in [3.05, 3.63) is 24.0 Å². The van der Waals surface area contributed by atoms with Crippen molar-refractivity contribution in [2.75, 3.05) is 11.4 Å². The van der Waals surface area contributed by atoms with Crippen LogP contribution in [-0.4, -0.2) is 22.7 Å². The van der Waals surface area contributed by atoms with Gasteiger partial charge in [-0.25, -0.2) is 0 Å². The summed E-state index contributed by atoms with van der Waals surface area (Å²) >= 11 is 0. The van der Waals surface area contributed by atoms with E-state index >= 15 is 0 Å². The minimum Gasteiger partial charge on any atom is -0.387 e. The van der Waals surface area contributed by atoms with E-state index < -0.39 is 6.10 Å². The Hall–Kier alpha value is -1.09. The molecule has 0 radical (unpaired) electrons. The van der Waals surface area contributed by atoms with E-state index in [0.29, 0.717) is 6.42 Å². The first-order valence-corrected chi connectivity index (χ1v) is 7.17. The summed E-state index contributed by atoms with van der Waals surface area (Å²) < 4.78 is 0. The molecule has 3 heteroatoms. The highest BCUT2D eigenvalue weighted by atomic mass is 16.3. The number of hydrogen-bond acceptors (Lipinski definition) is 3. The molecule has 0 aromatic carbocycles. The molecule has 0 bridgehead atoms. The van der Waals surface area contributed by atoms with Crippen LogP contribution >= 0.6 is 0 Å². The van der Waals surface area contributed by atoms with Gasteiger partial charge in [-0.3, -0.25) is 4.98 Å². The van der Waals surface area contributed by atoms with Crippen LogP contribution in [0.25, 0.3) is 0 Å². The average Bonchev–Trinajstić information content (AvgIpc) is 3.24. The third-order valence-electron chi connectivity index (χ3n) is 3.57. The summed E-state index contributed by atoms with van der Waals surface area (Å²) in [5.74, 6) is 0. The van der Waals surface area contributed by atoms with E-state index in [9.17, 15) is 5.11 Å². The summed E-state index contributed by atoms with van der Waals surface area (Å²) in [5.41, 5.74) is 1.99. The summed E-state index contributed by atoms with van der Waals surface area (Å²) in [6.07, 6.45) is 7.28. The summed E-state index contributed by atoms with van der Waals surface area (Å²) in [5, 5.41) is 9.75. The van der Waals surface area contributed by atoms with Crippen molar-refractivity contribution < 1.29 is 5.11 Å². The second-order valence-electron chi connectivity index (χ2n) is 5.14. The van der Waals surface area contributed by atoms with Crippen molar-refractivity contribution in [2.24, 2.45) is 0 Å². The lowest BCUT2D eigenvalue weighted by molar-refractivity contribution is 0.169. The van der Waals surface area contributed by atoms with Crippen LogP contribution < -0.4 is 4.90 Å². The Labute approximate surface area is 110 Å². The maximum atomic E-state index is 9.75. The summed E-state index contributed by atoms with van der Waals surface area (Å²) in [6, 6.07) is 4.79. The van der Waals surface area contributed by atoms with E-state index in [-0.39, 0.29) is 0 Å². The topological polar surface area (TPSA) is 36.4 Å². The zero-order valence-corrected chi connectivity index (χ0v) is 11.5. The maximum absolute atomic E-state index is 9.75. The van der Waals surface area contributed by atoms with Crippen molar-refractivity contribution in [1.29, 1.82) is 0 Å². The predicted molar refractivity (Wildman–Crippen MR) is 74.8 cm³/mol. The molecule has 0 saturated heterocycles. The van der Waals surface area contributed by atoms with Gasteiger partial charge in [0.2, 0.25) is 0 Å². The van der Waals surface area contributed by atoms with Crippen LogP contribution in [0, 0.1) is 0 Å². The zero-order valence-electron chi connectivity index (χ0n) is 11.5. The van der Waals surface area contributed by atoms with Crippen LogP contribution in [0.1, 0.15) is 57.7 Å². The quantitative estimate of drug-likeness (QED) is 0.804. The molecule has 1 heterocycles. The fraction of sp³-hybridized carbons (Fsp3) is 0.667. The minimum atomic E-state index is -0.427. The minimum absolute atomic E-state index is 0.427. The van der Waals surface area contributed by atoms with E-state index in [1.807, 2.05) is 19.2 Å². The first kappa shape index (κ1) is 13.3. The molecule has 1 N–H and O–H groups in total. The van der Waals surface area contributed by atoms with Crippen molar-refractivity contribution in [3.8, 4) is 0 Å². The van der Waals surface area contributed by atoms with Gasteiger partial charge in [0.1, 0.15) is 0 Å². The van der Waals surface area contributed by atoms with Crippen molar-refractivity contribution in [1.82, 2.24) is 4.98 Å². The fourth-order valence-corrected chi connectivity index (χ4v) is 2.21. The standard InChI is InChI=1S/C15H24N2O/c1-3-5-10-17(12-6-7-12)13-8-9-14(16-11-13)15(18)4-2/h8-9,11-12,15,18H,3-7,10H2,1-2H3/t15-/m0/s1. The van der Waals surface area contributed by atoms with Crippen molar-refractivity contribution >= 4 is 5.69 Å². The molecule has 2 rings (SSSR count). The molecule has 1 saturated carbocycles. The highest BCUT2D eigenvalue weighted by Crippen LogP contribution is 2.32. The lowest BCUT2D eigenvalue weighted by atomic mass is 10.2. The largest absolute Gasteiger partial charge is 0.387 e. The molecule has 0 unspecified atom stereocenters. The Morgan fingerprint density at radius 1 is 1.39 bits per heavy atom. The number of unbranched alkanes of at least 4 members (excludes halogenated alkanes) is 1. The summed E-state index contributed by atoms with van der Waals surface area (Å²) in [4.78, 5) is 6.87. The summed E-state index contributed by atoms with van der Waals surface area (Å²) in [6.45, 7) is 5.32. The molecular weight excluding hydrogens is 224 g/mol. The highest BCUT2D eigenvalue weighted by molar-refractivity contribution is 5.47. The van der Waals surface area contributed by atoms with E-state index in [2.05, 4.69) is 22.9 Å². The molecule has 1 atom stereocenters. The van der Waals surface area contributed by atoms with E-state index in [0.717, 1.165) is 18.3 Å². The van der Waals surface area contributed by atoms with Gasteiger partial charge < -0.3 is 10.0 Å². The number of rotatable bonds is 7. The van der Waals surface area contributed by atoms with Crippen LogP contribution in [0.5, 0.6) is 0 Å². The monoisotopic (exact) mass is 248 g/mol. The lowest BCUT2D eigenvalue weighted by Crippen LogP contribution is -2.26. The van der Waals surface area contributed by atoms with Crippen LogP contribution in [0.4, 0.5) is 5.69 Å². The van der Waals surface area contributed by atoms with Gasteiger partial charge in [0.05, 0.1) is 23.7 Å².